The molecule has 1 saturated heterocycles. The lowest BCUT2D eigenvalue weighted by Crippen LogP contribution is -2.41. The van der Waals surface area contributed by atoms with Crippen LogP contribution in [-0.2, 0) is 4.79 Å². The predicted molar refractivity (Wildman–Crippen MR) is 64.5 cm³/mol. The first kappa shape index (κ1) is 13.3. The molecule has 0 aromatic rings. The van der Waals surface area contributed by atoms with E-state index >= 15 is 0 Å². The van der Waals surface area contributed by atoms with Crippen molar-refractivity contribution in [2.45, 2.75) is 19.8 Å². The van der Waals surface area contributed by atoms with Crippen molar-refractivity contribution in [3.05, 3.63) is 0 Å². The van der Waals surface area contributed by atoms with Crippen LogP contribution in [0.4, 0.5) is 4.79 Å². The highest BCUT2D eigenvalue weighted by Crippen LogP contribution is 1.96. The smallest absolute Gasteiger partial charge is 0.324 e. The summed E-state index contributed by atoms with van der Waals surface area (Å²) in [5.41, 5.74) is 5.60. The molecule has 17 heavy (non-hydrogen) atoms. The molecule has 4 N–H and O–H groups in total. The number of nitrogens with two attached hydrogens (primary N) is 1. The second kappa shape index (κ2) is 6.72. The summed E-state index contributed by atoms with van der Waals surface area (Å²) < 4.78 is 0. The minimum atomic E-state index is -0.349. The van der Waals surface area contributed by atoms with E-state index in [4.69, 9.17) is 5.73 Å². The van der Waals surface area contributed by atoms with E-state index in [0.29, 0.717) is 25.6 Å². The van der Waals surface area contributed by atoms with E-state index in [1.165, 1.54) is 0 Å². The average Bonchev–Trinajstić information content (AvgIpc) is 2.61. The minimum absolute atomic E-state index is 0.0822. The zero-order chi connectivity index (χ0) is 12.7. The first-order valence-corrected chi connectivity index (χ1v) is 5.77. The SMILES string of the molecule is CCCCN=C(N)NCCN1C(=O)CNC1=O. The molecule has 1 rings (SSSR count). The summed E-state index contributed by atoms with van der Waals surface area (Å²) in [5, 5.41) is 5.31. The number of unbranched alkanes of at least 4 members (excludes halogenated alkanes) is 1. The van der Waals surface area contributed by atoms with E-state index in [2.05, 4.69) is 22.5 Å². The Morgan fingerprint density at radius 1 is 1.59 bits per heavy atom. The summed E-state index contributed by atoms with van der Waals surface area (Å²) in [6, 6.07) is -0.349. The van der Waals surface area contributed by atoms with E-state index < -0.39 is 0 Å². The topological polar surface area (TPSA) is 99.8 Å². The number of amides is 3. The van der Waals surface area contributed by atoms with Gasteiger partial charge >= 0.3 is 6.03 Å². The maximum absolute atomic E-state index is 11.2. The Hall–Kier alpha value is -1.79. The second-order valence-corrected chi connectivity index (χ2v) is 3.75. The summed E-state index contributed by atoms with van der Waals surface area (Å²) in [5.74, 6) is 0.142. The Morgan fingerprint density at radius 2 is 2.35 bits per heavy atom. The summed E-state index contributed by atoms with van der Waals surface area (Å²) in [7, 11) is 0. The van der Waals surface area contributed by atoms with Crippen molar-refractivity contribution in [2.75, 3.05) is 26.2 Å². The van der Waals surface area contributed by atoms with Gasteiger partial charge in [-0.1, -0.05) is 13.3 Å². The molecule has 3 amide bonds. The third-order valence-electron chi connectivity index (χ3n) is 2.37. The Balaban J connectivity index is 2.21. The highest BCUT2D eigenvalue weighted by atomic mass is 16.2. The number of carbonyl (C=O) groups is 2. The average molecular weight is 241 g/mol. The van der Waals surface area contributed by atoms with Crippen LogP contribution in [0.25, 0.3) is 0 Å². The zero-order valence-corrected chi connectivity index (χ0v) is 10.0. The van der Waals surface area contributed by atoms with Crippen molar-refractivity contribution in [3.8, 4) is 0 Å². The lowest BCUT2D eigenvalue weighted by Gasteiger charge is -2.12. The van der Waals surface area contributed by atoms with Crippen molar-refractivity contribution in [1.82, 2.24) is 15.5 Å². The van der Waals surface area contributed by atoms with Crippen molar-refractivity contribution < 1.29 is 9.59 Å². The largest absolute Gasteiger partial charge is 0.370 e. The molecular formula is C10H19N5O2. The lowest BCUT2D eigenvalue weighted by molar-refractivity contribution is -0.124. The maximum atomic E-state index is 11.2. The number of hydrogen-bond acceptors (Lipinski definition) is 3. The van der Waals surface area contributed by atoms with Gasteiger partial charge in [0, 0.05) is 19.6 Å². The number of rotatable bonds is 6. The molecule has 1 heterocycles. The van der Waals surface area contributed by atoms with E-state index in [-0.39, 0.29) is 18.5 Å². The van der Waals surface area contributed by atoms with Crippen LogP contribution < -0.4 is 16.4 Å². The Kier molecular flexibility index (Phi) is 5.25. The quantitative estimate of drug-likeness (QED) is 0.246. The summed E-state index contributed by atoms with van der Waals surface area (Å²) in [4.78, 5) is 27.7. The van der Waals surface area contributed by atoms with Crippen molar-refractivity contribution >= 4 is 17.9 Å². The van der Waals surface area contributed by atoms with Gasteiger partial charge in [0.1, 0.15) is 0 Å². The van der Waals surface area contributed by atoms with Gasteiger partial charge in [0.2, 0.25) is 5.91 Å². The third-order valence-corrected chi connectivity index (χ3v) is 2.37. The van der Waals surface area contributed by atoms with Crippen LogP contribution in [-0.4, -0.2) is 49.0 Å². The van der Waals surface area contributed by atoms with Gasteiger partial charge in [0.15, 0.2) is 5.96 Å². The number of urea groups is 1. The highest BCUT2D eigenvalue weighted by molar-refractivity contribution is 6.01. The molecule has 0 saturated carbocycles. The number of imide groups is 1. The number of nitrogens with one attached hydrogen (secondary N) is 2. The fourth-order valence-corrected chi connectivity index (χ4v) is 1.39. The van der Waals surface area contributed by atoms with Gasteiger partial charge in [0.25, 0.3) is 0 Å². The van der Waals surface area contributed by atoms with Crippen LogP contribution in [0.1, 0.15) is 19.8 Å². The molecule has 7 heteroatoms. The van der Waals surface area contributed by atoms with Crippen LogP contribution >= 0.6 is 0 Å². The Morgan fingerprint density at radius 3 is 2.94 bits per heavy atom. The number of carbonyl (C=O) groups excluding carboxylic acids is 2. The van der Waals surface area contributed by atoms with Gasteiger partial charge in [-0.2, -0.15) is 0 Å². The van der Waals surface area contributed by atoms with E-state index in [1.807, 2.05) is 0 Å². The van der Waals surface area contributed by atoms with Gasteiger partial charge in [0.05, 0.1) is 6.54 Å². The van der Waals surface area contributed by atoms with Crippen molar-refractivity contribution in [1.29, 1.82) is 0 Å². The first-order chi connectivity index (χ1) is 8.15. The Labute approximate surface area is 100 Å². The van der Waals surface area contributed by atoms with Gasteiger partial charge in [-0.05, 0) is 6.42 Å². The van der Waals surface area contributed by atoms with Gasteiger partial charge < -0.3 is 16.4 Å². The molecule has 0 spiro atoms. The standard InChI is InChI=1S/C10H19N5O2/c1-2-3-4-12-9(11)13-5-6-15-8(16)7-14-10(15)17/h2-7H2,1H3,(H,14,17)(H3,11,12,13). The van der Waals surface area contributed by atoms with Crippen LogP contribution in [0.5, 0.6) is 0 Å². The molecule has 0 unspecified atom stereocenters. The molecule has 0 atom stereocenters. The lowest BCUT2D eigenvalue weighted by atomic mass is 10.3. The maximum Gasteiger partial charge on any atom is 0.324 e. The fraction of sp³-hybridized carbons (Fsp3) is 0.700. The third kappa shape index (κ3) is 4.29. The number of aliphatic imine (C=N–C) groups is 1. The monoisotopic (exact) mass is 241 g/mol. The molecule has 7 nitrogen and oxygen atoms in total. The molecule has 1 aliphatic rings. The van der Waals surface area contributed by atoms with Crippen LogP contribution in [0.15, 0.2) is 4.99 Å². The van der Waals surface area contributed by atoms with Gasteiger partial charge in [-0.15, -0.1) is 0 Å². The predicted octanol–water partition coefficient (Wildman–Crippen LogP) is -0.757. The van der Waals surface area contributed by atoms with Crippen LogP contribution in [0, 0.1) is 0 Å². The first-order valence-electron chi connectivity index (χ1n) is 5.77. The molecule has 0 bridgehead atoms. The molecule has 96 valence electrons. The minimum Gasteiger partial charge on any atom is -0.370 e. The number of nitrogens with zero attached hydrogens (tertiary/aromatic N) is 2. The molecular weight excluding hydrogens is 222 g/mol. The normalized spacial score (nSPS) is 16.3. The molecule has 0 radical (unpaired) electrons. The highest BCUT2D eigenvalue weighted by Gasteiger charge is 2.27. The molecule has 0 aromatic heterocycles. The summed E-state index contributed by atoms with van der Waals surface area (Å²) >= 11 is 0. The van der Waals surface area contributed by atoms with Gasteiger partial charge in [-0.3, -0.25) is 14.7 Å². The molecule has 1 aliphatic heterocycles. The zero-order valence-electron chi connectivity index (χ0n) is 10.0. The van der Waals surface area contributed by atoms with Crippen molar-refractivity contribution in [2.24, 2.45) is 10.7 Å². The van der Waals surface area contributed by atoms with E-state index in [1.54, 1.807) is 0 Å². The summed E-state index contributed by atoms with van der Waals surface area (Å²) in [6.07, 6.45) is 2.06. The Bertz CT molecular complexity index is 300. The van der Waals surface area contributed by atoms with E-state index in [9.17, 15) is 9.59 Å². The number of guanidine groups is 1. The second-order valence-electron chi connectivity index (χ2n) is 3.75. The van der Waals surface area contributed by atoms with Gasteiger partial charge in [-0.25, -0.2) is 4.79 Å². The summed E-state index contributed by atoms with van der Waals surface area (Å²) in [6.45, 7) is 3.57. The molecule has 0 aliphatic carbocycles. The molecule has 1 fully saturated rings. The fourth-order valence-electron chi connectivity index (χ4n) is 1.39. The number of hydrogen-bond donors (Lipinski definition) is 3. The van der Waals surface area contributed by atoms with Crippen LogP contribution in [0.3, 0.4) is 0 Å². The van der Waals surface area contributed by atoms with E-state index in [0.717, 1.165) is 17.7 Å². The van der Waals surface area contributed by atoms with Crippen LogP contribution in [0.2, 0.25) is 0 Å². The molecule has 0 aromatic carbocycles. The van der Waals surface area contributed by atoms with Crippen molar-refractivity contribution in [3.63, 3.8) is 0 Å².